The molecule has 0 spiro atoms. The van der Waals surface area contributed by atoms with Gasteiger partial charge in [0.05, 0.1) is 30.2 Å². The minimum atomic E-state index is -1.12. The number of alkyl halides is 1. The summed E-state index contributed by atoms with van der Waals surface area (Å²) in [5, 5.41) is 24.3. The number of hydrogen-bond acceptors (Lipinski definition) is 8. The van der Waals surface area contributed by atoms with Gasteiger partial charge in [-0.1, -0.05) is 12.1 Å². The molecule has 1 aromatic rings. The molecule has 3 saturated heterocycles. The fraction of sp³-hybridized carbons (Fsp3) is 0.682. The summed E-state index contributed by atoms with van der Waals surface area (Å²) in [5.74, 6) is -1.95. The first-order valence-electron chi connectivity index (χ1n) is 12.0. The van der Waals surface area contributed by atoms with Crippen molar-refractivity contribution in [2.24, 2.45) is 11.8 Å². The first-order valence-corrected chi connectivity index (χ1v) is 12.9. The molecule has 3 fully saturated rings. The van der Waals surface area contributed by atoms with Crippen LogP contribution in [0.1, 0.15) is 32.0 Å². The zero-order valence-corrected chi connectivity index (χ0v) is 20.5. The quantitative estimate of drug-likeness (QED) is 0.436. The Morgan fingerprint density at radius 2 is 2.09 bits per heavy atom. The van der Waals surface area contributed by atoms with Crippen molar-refractivity contribution in [2.45, 2.75) is 50.3 Å². The van der Waals surface area contributed by atoms with E-state index in [0.717, 1.165) is 13.1 Å². The summed E-state index contributed by atoms with van der Waals surface area (Å²) in [7, 11) is 0. The van der Waals surface area contributed by atoms with Gasteiger partial charge in [0.25, 0.3) is 0 Å². The van der Waals surface area contributed by atoms with Crippen molar-refractivity contribution >= 4 is 29.5 Å². The second-order valence-electron chi connectivity index (χ2n) is 9.61. The Labute approximate surface area is 206 Å². The number of thioether (sulfide) groups is 1. The van der Waals surface area contributed by atoms with E-state index in [2.05, 4.69) is 20.9 Å². The normalized spacial score (nSPS) is 31.5. The molecule has 0 radical (unpaired) electrons. The highest BCUT2D eigenvalue weighted by molar-refractivity contribution is 8.03. The van der Waals surface area contributed by atoms with E-state index in [1.54, 1.807) is 0 Å². The van der Waals surface area contributed by atoms with Crippen molar-refractivity contribution in [1.82, 2.24) is 35.4 Å². The van der Waals surface area contributed by atoms with E-state index in [9.17, 15) is 23.9 Å². The number of nitrogens with zero attached hydrogens (tertiary/aromatic N) is 5. The molecular weight excluding hydrogens is 477 g/mol. The Kier molecular flexibility index (Phi) is 6.57. The number of amides is 2. The molecule has 1 aromatic heterocycles. The van der Waals surface area contributed by atoms with Gasteiger partial charge in [0.15, 0.2) is 0 Å². The predicted molar refractivity (Wildman–Crippen MR) is 125 cm³/mol. The summed E-state index contributed by atoms with van der Waals surface area (Å²) in [6, 6.07) is -0.969. The maximum Gasteiger partial charge on any atom is 0.353 e. The fourth-order valence-corrected chi connectivity index (χ4v) is 7.16. The number of hydrogen-bond donors (Lipinski definition) is 3. The molecule has 3 N–H and O–H groups in total. The van der Waals surface area contributed by atoms with Crippen LogP contribution in [0.2, 0.25) is 0 Å². The zero-order chi connectivity index (χ0) is 24.9. The van der Waals surface area contributed by atoms with Gasteiger partial charge < -0.3 is 25.5 Å². The maximum atomic E-state index is 13.1. The summed E-state index contributed by atoms with van der Waals surface area (Å²) in [6.07, 6.45) is 2.10. The van der Waals surface area contributed by atoms with Gasteiger partial charge in [0.1, 0.15) is 18.1 Å². The predicted octanol–water partition coefficient (Wildman–Crippen LogP) is -0.0230. The number of piperazine rings is 1. The van der Waals surface area contributed by atoms with E-state index in [0.29, 0.717) is 31.0 Å². The summed E-state index contributed by atoms with van der Waals surface area (Å²) in [4.78, 5) is 42.2. The van der Waals surface area contributed by atoms with Crippen molar-refractivity contribution < 1.29 is 23.9 Å². The number of carboxylic acid groups (broad SMARTS) is 1. The lowest BCUT2D eigenvalue weighted by atomic mass is 9.78. The van der Waals surface area contributed by atoms with Crippen LogP contribution in [0.3, 0.4) is 0 Å². The highest BCUT2D eigenvalue weighted by atomic mass is 32.2. The van der Waals surface area contributed by atoms with Crippen molar-refractivity contribution in [1.29, 1.82) is 0 Å². The molecule has 0 aromatic carbocycles. The average molecular weight is 508 g/mol. The molecular formula is C22H30FN7O4S. The van der Waals surface area contributed by atoms with Crippen LogP contribution >= 0.6 is 11.8 Å². The van der Waals surface area contributed by atoms with E-state index in [1.807, 2.05) is 18.7 Å². The second kappa shape index (κ2) is 9.51. The van der Waals surface area contributed by atoms with Crippen LogP contribution in [0.4, 0.5) is 4.39 Å². The summed E-state index contributed by atoms with van der Waals surface area (Å²) in [5.41, 5.74) is 0.236. The molecule has 4 aliphatic heterocycles. The second-order valence-corrected chi connectivity index (χ2v) is 10.9. The molecule has 2 amide bonds. The molecule has 35 heavy (non-hydrogen) atoms. The number of carboxylic acids is 1. The van der Waals surface area contributed by atoms with Crippen LogP contribution in [0.25, 0.3) is 0 Å². The van der Waals surface area contributed by atoms with Crippen molar-refractivity contribution in [3.63, 3.8) is 0 Å². The highest BCUT2D eigenvalue weighted by Gasteiger charge is 2.61. The molecule has 5 rings (SSSR count). The molecule has 0 saturated carbocycles. The lowest BCUT2D eigenvalue weighted by molar-refractivity contribution is -0.159. The molecule has 0 bridgehead atoms. The first kappa shape index (κ1) is 24.2. The van der Waals surface area contributed by atoms with Crippen LogP contribution < -0.4 is 10.6 Å². The number of aromatic nitrogens is 3. The zero-order valence-electron chi connectivity index (χ0n) is 19.7. The molecule has 0 aliphatic carbocycles. The number of carbonyl (C=O) groups is 3. The topological polar surface area (TPSA) is 133 Å². The number of β-lactam (4-membered cyclic amide) rings is 1. The van der Waals surface area contributed by atoms with Crippen molar-refractivity contribution in [3.05, 3.63) is 22.5 Å². The third-order valence-corrected chi connectivity index (χ3v) is 9.05. The Hall–Kier alpha value is -2.51. The Morgan fingerprint density at radius 1 is 1.34 bits per heavy atom. The van der Waals surface area contributed by atoms with Crippen LogP contribution in [0.15, 0.2) is 16.8 Å². The molecule has 1 unspecified atom stereocenters. The summed E-state index contributed by atoms with van der Waals surface area (Å²) in [6.45, 7) is 6.59. The lowest BCUT2D eigenvalue weighted by Crippen LogP contribution is -2.62. The van der Waals surface area contributed by atoms with Gasteiger partial charge in [-0.2, -0.15) is 0 Å². The standard InChI is InChI=1S/C22H30FN7O4S/c1-11-17-16(12(2)29-10-13(8-23)26-27-29)21(32)30(17)18(22(33)34)19(11)35-14-7-15(25-9-14)20(31)28-5-3-24-4-6-28/h10-12,14-17,24-25H,3-9H2,1-2H3,(H,33,34)/t11-,12-,14?,15+,16-,17-/m1/s1. The number of rotatable bonds is 7. The molecule has 11 nitrogen and oxygen atoms in total. The van der Waals surface area contributed by atoms with E-state index in [1.165, 1.54) is 27.5 Å². The highest BCUT2D eigenvalue weighted by Crippen LogP contribution is 2.53. The van der Waals surface area contributed by atoms with E-state index < -0.39 is 18.6 Å². The fourth-order valence-electron chi connectivity index (χ4n) is 5.68. The maximum absolute atomic E-state index is 13.1. The molecule has 4 aliphatic rings. The number of aliphatic carboxylic acids is 1. The van der Waals surface area contributed by atoms with Crippen LogP contribution in [-0.2, 0) is 21.1 Å². The van der Waals surface area contributed by atoms with Gasteiger partial charge in [-0.3, -0.25) is 9.59 Å². The van der Waals surface area contributed by atoms with Crippen molar-refractivity contribution in [3.8, 4) is 0 Å². The van der Waals surface area contributed by atoms with Gasteiger partial charge in [-0.05, 0) is 13.3 Å². The van der Waals surface area contributed by atoms with E-state index in [-0.39, 0.29) is 52.5 Å². The Balaban J connectivity index is 1.29. The molecule has 13 heteroatoms. The Bertz CT molecular complexity index is 1060. The number of halogens is 1. The SMILES string of the molecule is C[C@H]([C@H]1C(=O)N2C(C(=O)O)=C(SC3CN[C@H](C(=O)N4CCNCC4)C3)[C@H](C)[C@H]12)n1cc(CF)nn1. The minimum absolute atomic E-state index is 0.0331. The number of fused-ring (bicyclic) bond motifs is 1. The molecule has 6 atom stereocenters. The van der Waals surface area contributed by atoms with Gasteiger partial charge >= 0.3 is 5.97 Å². The lowest BCUT2D eigenvalue weighted by Gasteiger charge is -2.47. The van der Waals surface area contributed by atoms with Gasteiger partial charge in [0.2, 0.25) is 11.8 Å². The third kappa shape index (κ3) is 4.12. The Morgan fingerprint density at radius 3 is 2.74 bits per heavy atom. The van der Waals surface area contributed by atoms with Crippen molar-refractivity contribution in [2.75, 3.05) is 32.7 Å². The number of nitrogens with one attached hydrogen (secondary N) is 2. The molecule has 190 valence electrons. The third-order valence-electron chi connectivity index (χ3n) is 7.53. The van der Waals surface area contributed by atoms with E-state index in [4.69, 9.17) is 0 Å². The summed E-state index contributed by atoms with van der Waals surface area (Å²) >= 11 is 1.47. The van der Waals surface area contributed by atoms with Crippen LogP contribution in [-0.4, -0.2) is 97.7 Å². The largest absolute Gasteiger partial charge is 0.477 e. The number of carbonyl (C=O) groups excluding carboxylic acids is 2. The first-order chi connectivity index (χ1) is 16.8. The van der Waals surface area contributed by atoms with Crippen LogP contribution in [0, 0.1) is 11.8 Å². The average Bonchev–Trinajstić information content (AvgIpc) is 3.58. The van der Waals surface area contributed by atoms with Crippen LogP contribution in [0.5, 0.6) is 0 Å². The monoisotopic (exact) mass is 507 g/mol. The van der Waals surface area contributed by atoms with Gasteiger partial charge in [-0.15, -0.1) is 16.9 Å². The molecule has 5 heterocycles. The summed E-state index contributed by atoms with van der Waals surface area (Å²) < 4.78 is 14.4. The minimum Gasteiger partial charge on any atom is -0.477 e. The van der Waals surface area contributed by atoms with E-state index >= 15 is 0 Å². The van der Waals surface area contributed by atoms with Gasteiger partial charge in [0, 0.05) is 48.8 Å². The van der Waals surface area contributed by atoms with Gasteiger partial charge in [-0.25, -0.2) is 13.9 Å². The smallest absolute Gasteiger partial charge is 0.353 e.